The summed E-state index contributed by atoms with van der Waals surface area (Å²) in [6.07, 6.45) is 2.46. The van der Waals surface area contributed by atoms with Crippen molar-refractivity contribution in [1.29, 1.82) is 0 Å². The Morgan fingerprint density at radius 2 is 2.15 bits per heavy atom. The molecule has 0 aliphatic carbocycles. The summed E-state index contributed by atoms with van der Waals surface area (Å²) in [7, 11) is 0. The first-order valence-electron chi connectivity index (χ1n) is 8.30. The molecule has 1 unspecified atom stereocenters. The number of thiophene rings is 1. The van der Waals surface area contributed by atoms with Crippen LogP contribution in [0.4, 0.5) is 10.1 Å². The highest BCUT2D eigenvalue weighted by atomic mass is 32.1. The van der Waals surface area contributed by atoms with E-state index < -0.39 is 0 Å². The molecule has 0 saturated carbocycles. The highest BCUT2D eigenvalue weighted by molar-refractivity contribution is 7.12. The molecule has 1 N–H and O–H groups in total. The summed E-state index contributed by atoms with van der Waals surface area (Å²) in [6, 6.07) is 8.35. The minimum Gasteiger partial charge on any atom is -0.371 e. The van der Waals surface area contributed by atoms with Crippen molar-refractivity contribution in [3.63, 3.8) is 0 Å². The molecular formula is C17H17FN6OS. The van der Waals surface area contributed by atoms with E-state index in [-0.39, 0.29) is 11.7 Å². The van der Waals surface area contributed by atoms with Crippen LogP contribution in [0.3, 0.4) is 0 Å². The van der Waals surface area contributed by atoms with E-state index >= 15 is 0 Å². The lowest BCUT2D eigenvalue weighted by molar-refractivity contribution is 0.0952. The largest absolute Gasteiger partial charge is 0.371 e. The van der Waals surface area contributed by atoms with Crippen LogP contribution in [0.1, 0.15) is 16.1 Å². The molecule has 3 heterocycles. The summed E-state index contributed by atoms with van der Waals surface area (Å²) in [5.74, 6) is 0.0114. The van der Waals surface area contributed by atoms with Crippen LogP contribution in [0.5, 0.6) is 0 Å². The van der Waals surface area contributed by atoms with Gasteiger partial charge in [-0.2, -0.15) is 4.68 Å². The van der Waals surface area contributed by atoms with Crippen molar-refractivity contribution in [2.75, 3.05) is 24.5 Å². The molecule has 1 fully saturated rings. The van der Waals surface area contributed by atoms with Gasteiger partial charge in [-0.3, -0.25) is 4.79 Å². The average molecular weight is 372 g/mol. The Morgan fingerprint density at radius 3 is 2.92 bits per heavy atom. The number of hydrogen-bond acceptors (Lipinski definition) is 6. The lowest BCUT2D eigenvalue weighted by Crippen LogP contribution is -2.31. The number of aromatic nitrogens is 4. The van der Waals surface area contributed by atoms with Gasteiger partial charge in [0.1, 0.15) is 17.0 Å². The lowest BCUT2D eigenvalue weighted by Gasteiger charge is -2.18. The van der Waals surface area contributed by atoms with Gasteiger partial charge in [-0.1, -0.05) is 0 Å². The van der Waals surface area contributed by atoms with Crippen molar-refractivity contribution in [2.45, 2.75) is 6.42 Å². The molecule has 1 aliphatic heterocycles. The Morgan fingerprint density at radius 1 is 1.31 bits per heavy atom. The SMILES string of the molecule is O=C(NCC1CCN(c2ccc(F)cc2)C1)c1sccc1-n1cnnn1. The second-order valence-corrected chi connectivity index (χ2v) is 7.09. The normalized spacial score (nSPS) is 16.8. The monoisotopic (exact) mass is 372 g/mol. The van der Waals surface area contributed by atoms with E-state index in [1.165, 1.54) is 34.5 Å². The van der Waals surface area contributed by atoms with Crippen LogP contribution < -0.4 is 10.2 Å². The molecule has 1 aromatic carbocycles. The number of halogens is 1. The topological polar surface area (TPSA) is 75.9 Å². The van der Waals surface area contributed by atoms with Gasteiger partial charge in [0.15, 0.2) is 0 Å². The molecule has 1 atom stereocenters. The number of anilines is 1. The van der Waals surface area contributed by atoms with Gasteiger partial charge < -0.3 is 10.2 Å². The van der Waals surface area contributed by atoms with Gasteiger partial charge in [-0.15, -0.1) is 16.4 Å². The van der Waals surface area contributed by atoms with E-state index in [1.807, 2.05) is 11.4 Å². The molecule has 1 amide bonds. The van der Waals surface area contributed by atoms with Gasteiger partial charge >= 0.3 is 0 Å². The Balaban J connectivity index is 1.34. The van der Waals surface area contributed by atoms with Gasteiger partial charge in [0.05, 0.1) is 5.69 Å². The Bertz CT molecular complexity index is 879. The quantitative estimate of drug-likeness (QED) is 0.742. The number of rotatable bonds is 5. The standard InChI is InChI=1S/C17H17FN6OS/c18-13-1-3-14(4-2-13)23-7-5-12(10-23)9-19-17(25)16-15(6-8-26-16)24-11-20-21-22-24/h1-4,6,8,11-12H,5,7,9-10H2,(H,19,25). The van der Waals surface area contributed by atoms with Gasteiger partial charge in [-0.25, -0.2) is 4.39 Å². The number of carbonyl (C=O) groups excluding carboxylic acids is 1. The zero-order valence-electron chi connectivity index (χ0n) is 13.9. The number of carbonyl (C=O) groups is 1. The molecule has 2 aromatic heterocycles. The first kappa shape index (κ1) is 16.6. The molecule has 1 saturated heterocycles. The van der Waals surface area contributed by atoms with E-state index in [0.717, 1.165) is 25.2 Å². The minimum atomic E-state index is -0.230. The summed E-state index contributed by atoms with van der Waals surface area (Å²) >= 11 is 1.36. The summed E-state index contributed by atoms with van der Waals surface area (Å²) in [5.41, 5.74) is 1.69. The molecule has 0 bridgehead atoms. The number of hydrogen-bond donors (Lipinski definition) is 1. The van der Waals surface area contributed by atoms with Crippen LogP contribution in [-0.4, -0.2) is 45.7 Å². The molecular weight excluding hydrogens is 355 g/mol. The Kier molecular flexibility index (Phi) is 4.61. The first-order chi connectivity index (χ1) is 12.7. The minimum absolute atomic E-state index is 0.120. The predicted octanol–water partition coefficient (Wildman–Crippen LogP) is 2.12. The van der Waals surface area contributed by atoms with Crippen LogP contribution in [0.2, 0.25) is 0 Å². The van der Waals surface area contributed by atoms with Crippen LogP contribution in [-0.2, 0) is 0 Å². The van der Waals surface area contributed by atoms with Crippen molar-refractivity contribution in [1.82, 2.24) is 25.5 Å². The highest BCUT2D eigenvalue weighted by Crippen LogP contribution is 2.24. The maximum atomic E-state index is 13.0. The fourth-order valence-electron chi connectivity index (χ4n) is 3.13. The fraction of sp³-hybridized carbons (Fsp3) is 0.294. The van der Waals surface area contributed by atoms with E-state index in [1.54, 1.807) is 12.1 Å². The van der Waals surface area contributed by atoms with Gasteiger partial charge in [0.25, 0.3) is 5.91 Å². The number of tetrazole rings is 1. The summed E-state index contributed by atoms with van der Waals surface area (Å²) < 4.78 is 14.5. The maximum Gasteiger partial charge on any atom is 0.263 e. The van der Waals surface area contributed by atoms with Crippen molar-refractivity contribution in [3.8, 4) is 5.69 Å². The third kappa shape index (κ3) is 3.43. The maximum absolute atomic E-state index is 13.0. The molecule has 26 heavy (non-hydrogen) atoms. The molecule has 134 valence electrons. The van der Waals surface area contributed by atoms with Crippen LogP contribution in [0.15, 0.2) is 42.0 Å². The smallest absolute Gasteiger partial charge is 0.263 e. The second-order valence-electron chi connectivity index (χ2n) is 6.18. The molecule has 0 spiro atoms. The van der Waals surface area contributed by atoms with E-state index in [0.29, 0.717) is 23.0 Å². The Labute approximate surface area is 153 Å². The van der Waals surface area contributed by atoms with Crippen LogP contribution in [0.25, 0.3) is 5.69 Å². The van der Waals surface area contributed by atoms with Gasteiger partial charge in [0, 0.05) is 25.3 Å². The summed E-state index contributed by atoms with van der Waals surface area (Å²) in [4.78, 5) is 15.3. The van der Waals surface area contributed by atoms with Crippen LogP contribution >= 0.6 is 11.3 Å². The fourth-order valence-corrected chi connectivity index (χ4v) is 3.92. The van der Waals surface area contributed by atoms with Crippen molar-refractivity contribution < 1.29 is 9.18 Å². The Hall–Kier alpha value is -2.81. The van der Waals surface area contributed by atoms with Crippen molar-refractivity contribution in [3.05, 3.63) is 52.7 Å². The second kappa shape index (κ2) is 7.20. The zero-order valence-corrected chi connectivity index (χ0v) is 14.7. The molecule has 3 aromatic rings. The average Bonchev–Trinajstić information content (AvgIpc) is 3.40. The number of nitrogens with one attached hydrogen (secondary N) is 1. The number of nitrogens with zero attached hydrogens (tertiary/aromatic N) is 5. The highest BCUT2D eigenvalue weighted by Gasteiger charge is 2.24. The van der Waals surface area contributed by atoms with Gasteiger partial charge in [0.2, 0.25) is 0 Å². The molecule has 9 heteroatoms. The molecule has 0 radical (unpaired) electrons. The predicted molar refractivity (Wildman–Crippen MR) is 96.1 cm³/mol. The van der Waals surface area contributed by atoms with E-state index in [4.69, 9.17) is 0 Å². The first-order valence-corrected chi connectivity index (χ1v) is 9.18. The zero-order chi connectivity index (χ0) is 17.9. The summed E-state index contributed by atoms with van der Waals surface area (Å²) in [5, 5.41) is 15.9. The van der Waals surface area contributed by atoms with Crippen LogP contribution in [0, 0.1) is 11.7 Å². The molecule has 7 nitrogen and oxygen atoms in total. The lowest BCUT2D eigenvalue weighted by atomic mass is 10.1. The summed E-state index contributed by atoms with van der Waals surface area (Å²) in [6.45, 7) is 2.35. The van der Waals surface area contributed by atoms with Crippen molar-refractivity contribution in [2.24, 2.45) is 5.92 Å². The number of amides is 1. The van der Waals surface area contributed by atoms with Gasteiger partial charge in [-0.05, 0) is 58.5 Å². The van der Waals surface area contributed by atoms with E-state index in [9.17, 15) is 9.18 Å². The third-order valence-corrected chi connectivity index (χ3v) is 5.38. The molecule has 1 aliphatic rings. The molecule has 4 rings (SSSR count). The third-order valence-electron chi connectivity index (χ3n) is 4.48. The van der Waals surface area contributed by atoms with Crippen molar-refractivity contribution >= 4 is 22.9 Å². The number of benzene rings is 1. The van der Waals surface area contributed by atoms with E-state index in [2.05, 4.69) is 25.7 Å².